The molecule has 2 aromatic heterocycles. The van der Waals surface area contributed by atoms with Crippen LogP contribution >= 0.6 is 0 Å². The van der Waals surface area contributed by atoms with E-state index >= 15 is 0 Å². The molecule has 0 unspecified atom stereocenters. The van der Waals surface area contributed by atoms with Gasteiger partial charge in [-0.3, -0.25) is 4.40 Å². The molecule has 0 atom stereocenters. The van der Waals surface area contributed by atoms with E-state index in [0.717, 1.165) is 18.5 Å². The zero-order valence-corrected chi connectivity index (χ0v) is 16.9. The molecule has 0 aliphatic heterocycles. The molecule has 2 nitrogen and oxygen atoms in total. The summed E-state index contributed by atoms with van der Waals surface area (Å²) in [7, 11) is 0. The van der Waals surface area contributed by atoms with Gasteiger partial charge in [0.15, 0.2) is 0 Å². The first-order valence-electron chi connectivity index (χ1n) is 10.9. The number of benzene rings is 4. The number of fused-ring (bicyclic) bond motifs is 14. The standard InChI is InChI=1S/C29H18N2/c1-2-6-20-17(5-1)15-18-9-12-23-24(26(18)20)16-19-10-11-22-21-7-3-4-8-25(21)31-14-13-30-29(31)28(22)27(19)23/h1-14H,15-16H2. The predicted octanol–water partition coefficient (Wildman–Crippen LogP) is 6.78. The maximum absolute atomic E-state index is 4.82. The Labute approximate surface area is 179 Å². The summed E-state index contributed by atoms with van der Waals surface area (Å²) in [6, 6.07) is 26.9. The van der Waals surface area contributed by atoms with Crippen LogP contribution in [0.15, 0.2) is 85.2 Å². The summed E-state index contributed by atoms with van der Waals surface area (Å²) in [5, 5.41) is 3.86. The van der Waals surface area contributed by atoms with Crippen LogP contribution in [-0.2, 0) is 12.8 Å². The molecular weight excluding hydrogens is 376 g/mol. The fraction of sp³-hybridized carbons (Fsp3) is 0.0690. The molecular formula is C29H18N2. The Morgan fingerprint density at radius 1 is 0.645 bits per heavy atom. The van der Waals surface area contributed by atoms with E-state index in [-0.39, 0.29) is 0 Å². The first-order chi connectivity index (χ1) is 15.4. The van der Waals surface area contributed by atoms with Gasteiger partial charge in [-0.15, -0.1) is 0 Å². The molecule has 8 rings (SSSR count). The second-order valence-corrected chi connectivity index (χ2v) is 8.80. The summed E-state index contributed by atoms with van der Waals surface area (Å²) in [6.07, 6.45) is 6.06. The lowest BCUT2D eigenvalue weighted by molar-refractivity contribution is 1.23. The van der Waals surface area contributed by atoms with Crippen LogP contribution in [0.1, 0.15) is 22.3 Å². The van der Waals surface area contributed by atoms with Gasteiger partial charge in [0.05, 0.1) is 5.52 Å². The quantitative estimate of drug-likeness (QED) is 0.259. The van der Waals surface area contributed by atoms with Crippen molar-refractivity contribution in [1.82, 2.24) is 9.38 Å². The summed E-state index contributed by atoms with van der Waals surface area (Å²) in [6.45, 7) is 0. The van der Waals surface area contributed by atoms with Gasteiger partial charge in [-0.25, -0.2) is 4.98 Å². The molecule has 0 saturated heterocycles. The van der Waals surface area contributed by atoms with Crippen molar-refractivity contribution in [3.63, 3.8) is 0 Å². The lowest BCUT2D eigenvalue weighted by Crippen LogP contribution is -1.93. The molecule has 0 amide bonds. The largest absolute Gasteiger partial charge is 0.299 e. The van der Waals surface area contributed by atoms with Crippen LogP contribution in [0, 0.1) is 0 Å². The van der Waals surface area contributed by atoms with Crippen molar-refractivity contribution in [2.24, 2.45) is 0 Å². The van der Waals surface area contributed by atoms with Crippen molar-refractivity contribution in [3.05, 3.63) is 107 Å². The zero-order chi connectivity index (χ0) is 20.1. The van der Waals surface area contributed by atoms with Gasteiger partial charge in [-0.1, -0.05) is 66.7 Å². The molecule has 0 bridgehead atoms. The monoisotopic (exact) mass is 394 g/mol. The first kappa shape index (κ1) is 15.9. The molecule has 2 heterocycles. The average molecular weight is 394 g/mol. The smallest absolute Gasteiger partial charge is 0.145 e. The van der Waals surface area contributed by atoms with E-state index in [0.29, 0.717) is 0 Å². The fourth-order valence-corrected chi connectivity index (χ4v) is 6.06. The lowest BCUT2D eigenvalue weighted by Gasteiger charge is -2.13. The highest BCUT2D eigenvalue weighted by atomic mass is 15.0. The molecule has 4 aromatic carbocycles. The second kappa shape index (κ2) is 5.41. The van der Waals surface area contributed by atoms with Gasteiger partial charge in [0.2, 0.25) is 0 Å². The Bertz CT molecular complexity index is 1740. The van der Waals surface area contributed by atoms with Gasteiger partial charge in [0.1, 0.15) is 5.65 Å². The summed E-state index contributed by atoms with van der Waals surface area (Å²) >= 11 is 0. The van der Waals surface area contributed by atoms with Crippen LogP contribution in [0.5, 0.6) is 0 Å². The van der Waals surface area contributed by atoms with Crippen molar-refractivity contribution < 1.29 is 0 Å². The highest BCUT2D eigenvalue weighted by Gasteiger charge is 2.30. The Morgan fingerprint density at radius 3 is 2.48 bits per heavy atom. The third kappa shape index (κ3) is 1.87. The van der Waals surface area contributed by atoms with Crippen molar-refractivity contribution in [2.45, 2.75) is 12.8 Å². The number of hydrogen-bond donors (Lipinski definition) is 0. The normalized spacial score (nSPS) is 13.5. The van der Waals surface area contributed by atoms with Crippen LogP contribution in [0.3, 0.4) is 0 Å². The predicted molar refractivity (Wildman–Crippen MR) is 127 cm³/mol. The van der Waals surface area contributed by atoms with E-state index in [2.05, 4.69) is 83.4 Å². The molecule has 6 aromatic rings. The maximum atomic E-state index is 4.82. The third-order valence-corrected chi connectivity index (χ3v) is 7.31. The molecule has 144 valence electrons. The molecule has 0 fully saturated rings. The maximum Gasteiger partial charge on any atom is 0.145 e. The molecule has 0 spiro atoms. The van der Waals surface area contributed by atoms with Crippen LogP contribution in [0.4, 0.5) is 0 Å². The summed E-state index contributed by atoms with van der Waals surface area (Å²) in [5.41, 5.74) is 13.7. The van der Waals surface area contributed by atoms with Gasteiger partial charge < -0.3 is 0 Å². The van der Waals surface area contributed by atoms with Crippen LogP contribution in [0.2, 0.25) is 0 Å². The minimum atomic E-state index is 0.998. The van der Waals surface area contributed by atoms with E-state index in [4.69, 9.17) is 4.98 Å². The molecule has 0 saturated carbocycles. The highest BCUT2D eigenvalue weighted by molar-refractivity contribution is 6.18. The van der Waals surface area contributed by atoms with Crippen molar-refractivity contribution in [1.29, 1.82) is 0 Å². The van der Waals surface area contributed by atoms with E-state index in [1.165, 1.54) is 66.2 Å². The number of aromatic nitrogens is 2. The highest BCUT2D eigenvalue weighted by Crippen LogP contribution is 2.50. The van der Waals surface area contributed by atoms with Gasteiger partial charge in [0.25, 0.3) is 0 Å². The van der Waals surface area contributed by atoms with E-state index < -0.39 is 0 Å². The first-order valence-corrected chi connectivity index (χ1v) is 10.9. The molecule has 2 aliphatic rings. The lowest BCUT2D eigenvalue weighted by atomic mass is 9.93. The molecule has 2 aliphatic carbocycles. The number of hydrogen-bond acceptors (Lipinski definition) is 1. The van der Waals surface area contributed by atoms with E-state index in [1.807, 2.05) is 6.20 Å². The molecule has 0 radical (unpaired) electrons. The van der Waals surface area contributed by atoms with E-state index in [1.54, 1.807) is 0 Å². The van der Waals surface area contributed by atoms with Crippen LogP contribution in [-0.4, -0.2) is 9.38 Å². The van der Waals surface area contributed by atoms with Gasteiger partial charge in [-0.05, 0) is 68.8 Å². The minimum Gasteiger partial charge on any atom is -0.299 e. The second-order valence-electron chi connectivity index (χ2n) is 8.80. The zero-order valence-electron chi connectivity index (χ0n) is 16.9. The third-order valence-electron chi connectivity index (χ3n) is 7.31. The topological polar surface area (TPSA) is 17.3 Å². The SMILES string of the molecule is c1ccc2c(c1)Cc1ccc3c(c1-2)Cc1ccc2c4ccccc4n4ccnc4c2c1-3. The van der Waals surface area contributed by atoms with Crippen molar-refractivity contribution in [2.75, 3.05) is 0 Å². The summed E-state index contributed by atoms with van der Waals surface area (Å²) < 4.78 is 2.25. The Hall–Kier alpha value is -3.91. The molecule has 0 N–H and O–H groups in total. The van der Waals surface area contributed by atoms with Gasteiger partial charge >= 0.3 is 0 Å². The number of imidazole rings is 1. The fourth-order valence-electron chi connectivity index (χ4n) is 6.06. The molecule has 31 heavy (non-hydrogen) atoms. The van der Waals surface area contributed by atoms with Crippen LogP contribution < -0.4 is 0 Å². The van der Waals surface area contributed by atoms with Gasteiger partial charge in [-0.2, -0.15) is 0 Å². The Kier molecular flexibility index (Phi) is 2.77. The summed E-state index contributed by atoms with van der Waals surface area (Å²) in [5.74, 6) is 0. The van der Waals surface area contributed by atoms with Crippen molar-refractivity contribution in [3.8, 4) is 22.3 Å². The molecule has 2 heteroatoms. The number of nitrogens with zero attached hydrogens (tertiary/aromatic N) is 2. The van der Waals surface area contributed by atoms with E-state index in [9.17, 15) is 0 Å². The summed E-state index contributed by atoms with van der Waals surface area (Å²) in [4.78, 5) is 4.82. The number of rotatable bonds is 0. The number of para-hydroxylation sites is 1. The Morgan fingerprint density at radius 2 is 1.48 bits per heavy atom. The van der Waals surface area contributed by atoms with Crippen LogP contribution in [0.25, 0.3) is 49.6 Å². The van der Waals surface area contributed by atoms with Gasteiger partial charge in [0, 0.05) is 23.2 Å². The van der Waals surface area contributed by atoms with Crippen molar-refractivity contribution >= 4 is 27.3 Å². The average Bonchev–Trinajstić information content (AvgIpc) is 3.53. The Balaban J connectivity index is 1.54. The minimum absolute atomic E-state index is 0.998. The number of pyridine rings is 1.